The largest absolute Gasteiger partial charge is 0.484 e. The van der Waals surface area contributed by atoms with E-state index in [9.17, 15) is 9.59 Å². The summed E-state index contributed by atoms with van der Waals surface area (Å²) in [5.41, 5.74) is 0.661. The number of piperazine rings is 1. The molecule has 0 aliphatic carbocycles. The summed E-state index contributed by atoms with van der Waals surface area (Å²) in [6.45, 7) is 1.88. The molecule has 1 heterocycles. The Hall–Kier alpha value is -2.24. The molecule has 26 heavy (non-hydrogen) atoms. The molecule has 0 radical (unpaired) electrons. The highest BCUT2D eigenvalue weighted by Crippen LogP contribution is 2.24. The summed E-state index contributed by atoms with van der Waals surface area (Å²) in [7, 11) is 0. The van der Waals surface area contributed by atoms with E-state index in [1.807, 2.05) is 18.2 Å². The molecule has 136 valence electrons. The van der Waals surface area contributed by atoms with Gasteiger partial charge in [0.25, 0.3) is 11.8 Å². The van der Waals surface area contributed by atoms with E-state index in [4.69, 9.17) is 27.9 Å². The Labute approximate surface area is 162 Å². The summed E-state index contributed by atoms with van der Waals surface area (Å²) in [5, 5.41) is 0.904. The standard InChI is InChI=1S/C19H18Cl2N2O3/c20-15-10-16(21)12-17(11-15)26-13-18(24)22-6-8-23(9-7-22)19(25)14-4-2-1-3-5-14/h1-5,10-12H,6-9,13H2. The highest BCUT2D eigenvalue weighted by Gasteiger charge is 2.25. The van der Waals surface area contributed by atoms with Crippen LogP contribution in [0.25, 0.3) is 0 Å². The van der Waals surface area contributed by atoms with Crippen molar-refractivity contribution in [1.82, 2.24) is 9.80 Å². The fourth-order valence-electron chi connectivity index (χ4n) is 2.77. The number of hydrogen-bond donors (Lipinski definition) is 0. The molecule has 1 aliphatic heterocycles. The monoisotopic (exact) mass is 392 g/mol. The first-order valence-corrected chi connectivity index (χ1v) is 8.99. The molecule has 1 saturated heterocycles. The molecule has 2 aromatic rings. The number of benzene rings is 2. The van der Waals surface area contributed by atoms with Crippen molar-refractivity contribution in [2.24, 2.45) is 0 Å². The summed E-state index contributed by atoms with van der Waals surface area (Å²) in [5.74, 6) is 0.309. The van der Waals surface area contributed by atoms with E-state index in [-0.39, 0.29) is 18.4 Å². The molecule has 0 bridgehead atoms. The molecule has 0 aromatic heterocycles. The lowest BCUT2D eigenvalue weighted by atomic mass is 10.2. The van der Waals surface area contributed by atoms with Crippen LogP contribution in [0.3, 0.4) is 0 Å². The minimum absolute atomic E-state index is 0.0116. The van der Waals surface area contributed by atoms with Crippen LogP contribution in [0.4, 0.5) is 0 Å². The summed E-state index contributed by atoms with van der Waals surface area (Å²) < 4.78 is 5.49. The fourth-order valence-corrected chi connectivity index (χ4v) is 3.28. The van der Waals surface area contributed by atoms with Gasteiger partial charge in [0.1, 0.15) is 5.75 Å². The molecule has 0 saturated carbocycles. The lowest BCUT2D eigenvalue weighted by Crippen LogP contribution is -2.51. The van der Waals surface area contributed by atoms with Gasteiger partial charge < -0.3 is 14.5 Å². The quantitative estimate of drug-likeness (QED) is 0.801. The highest BCUT2D eigenvalue weighted by molar-refractivity contribution is 6.34. The first-order chi connectivity index (χ1) is 12.5. The molecule has 0 spiro atoms. The van der Waals surface area contributed by atoms with Crippen molar-refractivity contribution in [3.05, 3.63) is 64.1 Å². The minimum Gasteiger partial charge on any atom is -0.484 e. The molecule has 0 atom stereocenters. The van der Waals surface area contributed by atoms with Gasteiger partial charge in [-0.15, -0.1) is 0 Å². The van der Waals surface area contributed by atoms with Gasteiger partial charge in [-0.1, -0.05) is 41.4 Å². The van der Waals surface area contributed by atoms with Gasteiger partial charge in [-0.3, -0.25) is 9.59 Å². The van der Waals surface area contributed by atoms with Gasteiger partial charge in [-0.25, -0.2) is 0 Å². The molecule has 3 rings (SSSR count). The van der Waals surface area contributed by atoms with Crippen LogP contribution >= 0.6 is 23.2 Å². The number of nitrogens with zero attached hydrogens (tertiary/aromatic N) is 2. The number of carbonyl (C=O) groups excluding carboxylic acids is 2. The van der Waals surface area contributed by atoms with Crippen LogP contribution < -0.4 is 4.74 Å². The Morgan fingerprint density at radius 3 is 2.08 bits per heavy atom. The van der Waals surface area contributed by atoms with Crippen molar-refractivity contribution >= 4 is 35.0 Å². The lowest BCUT2D eigenvalue weighted by Gasteiger charge is -2.34. The zero-order chi connectivity index (χ0) is 18.5. The van der Waals surface area contributed by atoms with E-state index in [0.717, 1.165) is 0 Å². The Morgan fingerprint density at radius 2 is 1.46 bits per heavy atom. The predicted molar refractivity (Wildman–Crippen MR) is 101 cm³/mol. The van der Waals surface area contributed by atoms with Crippen molar-refractivity contribution in [3.8, 4) is 5.75 Å². The van der Waals surface area contributed by atoms with Crippen LogP contribution in [0.5, 0.6) is 5.75 Å². The van der Waals surface area contributed by atoms with Crippen LogP contribution in [0.1, 0.15) is 10.4 Å². The Bertz CT molecular complexity index is 770. The smallest absolute Gasteiger partial charge is 0.260 e. The van der Waals surface area contributed by atoms with Crippen LogP contribution in [0.2, 0.25) is 10.0 Å². The number of hydrogen-bond acceptors (Lipinski definition) is 3. The molecule has 5 nitrogen and oxygen atoms in total. The van der Waals surface area contributed by atoms with E-state index in [1.165, 1.54) is 0 Å². The number of halogens is 2. The van der Waals surface area contributed by atoms with E-state index in [2.05, 4.69) is 0 Å². The maximum atomic E-state index is 12.4. The third kappa shape index (κ3) is 4.68. The SMILES string of the molecule is O=C(COc1cc(Cl)cc(Cl)c1)N1CCN(C(=O)c2ccccc2)CC1. The van der Waals surface area contributed by atoms with Gasteiger partial charge >= 0.3 is 0 Å². The Kier molecular flexibility index (Phi) is 6.01. The zero-order valence-electron chi connectivity index (χ0n) is 14.0. The predicted octanol–water partition coefficient (Wildman–Crippen LogP) is 3.36. The van der Waals surface area contributed by atoms with Crippen LogP contribution in [-0.2, 0) is 4.79 Å². The first kappa shape index (κ1) is 18.5. The number of ether oxygens (including phenoxy) is 1. The zero-order valence-corrected chi connectivity index (χ0v) is 15.5. The summed E-state index contributed by atoms with van der Waals surface area (Å²) in [6, 6.07) is 14.0. The molecular formula is C19H18Cl2N2O3. The maximum absolute atomic E-state index is 12.4. The molecule has 7 heteroatoms. The second-order valence-corrected chi connectivity index (χ2v) is 6.81. The number of carbonyl (C=O) groups is 2. The molecule has 1 aliphatic rings. The van der Waals surface area contributed by atoms with Crippen molar-refractivity contribution in [2.75, 3.05) is 32.8 Å². The van der Waals surface area contributed by atoms with E-state index >= 15 is 0 Å². The molecule has 2 aromatic carbocycles. The average molecular weight is 393 g/mol. The van der Waals surface area contributed by atoms with Crippen LogP contribution in [-0.4, -0.2) is 54.4 Å². The Balaban J connectivity index is 1.50. The normalized spacial score (nSPS) is 14.2. The summed E-state index contributed by atoms with van der Waals surface area (Å²) in [4.78, 5) is 28.2. The molecule has 1 fully saturated rings. The molecule has 2 amide bonds. The van der Waals surface area contributed by atoms with Gasteiger partial charge in [-0.2, -0.15) is 0 Å². The van der Waals surface area contributed by atoms with Gasteiger partial charge in [0, 0.05) is 41.8 Å². The molecule has 0 N–H and O–H groups in total. The van der Waals surface area contributed by atoms with Gasteiger partial charge in [-0.05, 0) is 30.3 Å². The van der Waals surface area contributed by atoms with Crippen molar-refractivity contribution in [3.63, 3.8) is 0 Å². The van der Waals surface area contributed by atoms with Crippen LogP contribution in [0.15, 0.2) is 48.5 Å². The van der Waals surface area contributed by atoms with Crippen molar-refractivity contribution < 1.29 is 14.3 Å². The minimum atomic E-state index is -0.132. The summed E-state index contributed by atoms with van der Waals surface area (Å²) >= 11 is 11.8. The van der Waals surface area contributed by atoms with E-state index in [1.54, 1.807) is 40.1 Å². The number of rotatable bonds is 4. The van der Waals surface area contributed by atoms with Crippen molar-refractivity contribution in [1.29, 1.82) is 0 Å². The summed E-state index contributed by atoms with van der Waals surface area (Å²) in [6.07, 6.45) is 0. The molecule has 0 unspecified atom stereocenters. The topological polar surface area (TPSA) is 49.9 Å². The van der Waals surface area contributed by atoms with Crippen LogP contribution in [0, 0.1) is 0 Å². The van der Waals surface area contributed by atoms with Gasteiger partial charge in [0.05, 0.1) is 0 Å². The average Bonchev–Trinajstić information content (AvgIpc) is 2.65. The maximum Gasteiger partial charge on any atom is 0.260 e. The molecular weight excluding hydrogens is 375 g/mol. The van der Waals surface area contributed by atoms with Crippen molar-refractivity contribution in [2.45, 2.75) is 0 Å². The van der Waals surface area contributed by atoms with Gasteiger partial charge in [0.2, 0.25) is 0 Å². The lowest BCUT2D eigenvalue weighted by molar-refractivity contribution is -0.134. The fraction of sp³-hybridized carbons (Fsp3) is 0.263. The first-order valence-electron chi connectivity index (χ1n) is 8.24. The van der Waals surface area contributed by atoms with Gasteiger partial charge in [0.15, 0.2) is 6.61 Å². The highest BCUT2D eigenvalue weighted by atomic mass is 35.5. The second-order valence-electron chi connectivity index (χ2n) is 5.93. The third-order valence-corrected chi connectivity index (χ3v) is 4.58. The van der Waals surface area contributed by atoms with E-state index < -0.39 is 0 Å². The Morgan fingerprint density at radius 1 is 0.885 bits per heavy atom. The van der Waals surface area contributed by atoms with E-state index in [0.29, 0.717) is 47.5 Å². The second kappa shape index (κ2) is 8.43. The third-order valence-electron chi connectivity index (χ3n) is 4.14. The number of amides is 2.